The molecule has 1 N–H and O–H groups in total. The van der Waals surface area contributed by atoms with Crippen LogP contribution in [0.1, 0.15) is 25.3 Å². The van der Waals surface area contributed by atoms with Gasteiger partial charge in [0.1, 0.15) is 11.5 Å². The van der Waals surface area contributed by atoms with E-state index in [0.29, 0.717) is 31.0 Å². The molecule has 0 amide bonds. The molecule has 0 aliphatic heterocycles. The van der Waals surface area contributed by atoms with E-state index in [1.54, 1.807) is 6.92 Å². The van der Waals surface area contributed by atoms with E-state index >= 15 is 0 Å². The van der Waals surface area contributed by atoms with Gasteiger partial charge in [-0.15, -0.1) is 0 Å². The van der Waals surface area contributed by atoms with Gasteiger partial charge < -0.3 is 10.1 Å². The van der Waals surface area contributed by atoms with Gasteiger partial charge >= 0.3 is 0 Å². The number of rotatable bonds is 8. The first kappa shape index (κ1) is 15.4. The molecule has 5 nitrogen and oxygen atoms in total. The molecule has 0 unspecified atom stereocenters. The third-order valence-electron chi connectivity index (χ3n) is 2.68. The number of hydrogen-bond donors (Lipinski definition) is 1. The maximum atomic E-state index is 13.3. The Bertz CT molecular complexity index is 438. The van der Waals surface area contributed by atoms with Crippen LogP contribution in [-0.2, 0) is 4.74 Å². The van der Waals surface area contributed by atoms with E-state index in [-0.39, 0.29) is 5.69 Å². The third-order valence-corrected chi connectivity index (χ3v) is 2.68. The van der Waals surface area contributed by atoms with Gasteiger partial charge in [0.15, 0.2) is 0 Å². The Labute approximate surface area is 111 Å². The second-order valence-electron chi connectivity index (χ2n) is 4.27. The Kier molecular flexibility index (Phi) is 6.21. The molecule has 1 aromatic carbocycles. The Morgan fingerprint density at radius 1 is 1.42 bits per heavy atom. The van der Waals surface area contributed by atoms with Crippen LogP contribution in [0.2, 0.25) is 0 Å². The number of hydrogen-bond acceptors (Lipinski definition) is 4. The van der Waals surface area contributed by atoms with Crippen molar-refractivity contribution in [2.24, 2.45) is 0 Å². The fourth-order valence-electron chi connectivity index (χ4n) is 1.57. The Morgan fingerprint density at radius 2 is 2.16 bits per heavy atom. The predicted molar refractivity (Wildman–Crippen MR) is 72.0 cm³/mol. The van der Waals surface area contributed by atoms with Gasteiger partial charge in [0, 0.05) is 13.2 Å². The van der Waals surface area contributed by atoms with E-state index in [4.69, 9.17) is 4.74 Å². The summed E-state index contributed by atoms with van der Waals surface area (Å²) in [6.07, 6.45) is 2.06. The summed E-state index contributed by atoms with van der Waals surface area (Å²) in [5.41, 5.74) is 0.444. The SMILES string of the molecule is CCCCOCCNc1cc(C)c(F)cc1[N+](=O)[O-]. The number of nitro benzene ring substituents is 1. The standard InChI is InChI=1S/C13H19FN2O3/c1-3-4-6-19-7-5-15-12-8-10(2)11(14)9-13(12)16(17)18/h8-9,15H,3-7H2,1-2H3. The van der Waals surface area contributed by atoms with Crippen LogP contribution in [-0.4, -0.2) is 24.7 Å². The van der Waals surface area contributed by atoms with Crippen molar-refractivity contribution in [3.8, 4) is 0 Å². The van der Waals surface area contributed by atoms with Crippen molar-refractivity contribution in [3.63, 3.8) is 0 Å². The van der Waals surface area contributed by atoms with Gasteiger partial charge in [0.2, 0.25) is 0 Å². The van der Waals surface area contributed by atoms with Crippen LogP contribution in [0.5, 0.6) is 0 Å². The quantitative estimate of drug-likeness (QED) is 0.447. The minimum Gasteiger partial charge on any atom is -0.380 e. The van der Waals surface area contributed by atoms with Gasteiger partial charge in [-0.25, -0.2) is 4.39 Å². The lowest BCUT2D eigenvalue weighted by Crippen LogP contribution is -2.11. The summed E-state index contributed by atoms with van der Waals surface area (Å²) >= 11 is 0. The van der Waals surface area contributed by atoms with Crippen LogP contribution < -0.4 is 5.32 Å². The van der Waals surface area contributed by atoms with E-state index in [0.717, 1.165) is 18.9 Å². The third kappa shape index (κ3) is 4.82. The number of nitrogens with one attached hydrogen (secondary N) is 1. The van der Waals surface area contributed by atoms with E-state index in [1.165, 1.54) is 6.07 Å². The second kappa shape index (κ2) is 7.68. The molecule has 0 aromatic heterocycles. The molecule has 19 heavy (non-hydrogen) atoms. The molecule has 0 saturated carbocycles. The van der Waals surface area contributed by atoms with Gasteiger partial charge in [-0.05, 0) is 25.0 Å². The number of halogens is 1. The highest BCUT2D eigenvalue weighted by molar-refractivity contribution is 5.63. The van der Waals surface area contributed by atoms with Crippen LogP contribution >= 0.6 is 0 Å². The molecule has 0 heterocycles. The molecule has 0 spiro atoms. The Balaban J connectivity index is 2.57. The monoisotopic (exact) mass is 270 g/mol. The first-order valence-electron chi connectivity index (χ1n) is 6.32. The molecule has 0 atom stereocenters. The highest BCUT2D eigenvalue weighted by Crippen LogP contribution is 2.27. The number of anilines is 1. The van der Waals surface area contributed by atoms with Crippen molar-refractivity contribution in [1.29, 1.82) is 0 Å². The summed E-state index contributed by atoms with van der Waals surface area (Å²) in [6.45, 7) is 5.25. The number of ether oxygens (including phenoxy) is 1. The average Bonchev–Trinajstić information content (AvgIpc) is 2.37. The van der Waals surface area contributed by atoms with Crippen molar-refractivity contribution in [2.75, 3.05) is 25.1 Å². The highest BCUT2D eigenvalue weighted by atomic mass is 19.1. The molecular weight excluding hydrogens is 251 g/mol. The number of benzene rings is 1. The van der Waals surface area contributed by atoms with Crippen molar-refractivity contribution in [3.05, 3.63) is 33.6 Å². The molecule has 1 rings (SSSR count). The van der Waals surface area contributed by atoms with Crippen molar-refractivity contribution >= 4 is 11.4 Å². The molecule has 0 fully saturated rings. The van der Waals surface area contributed by atoms with E-state index < -0.39 is 10.7 Å². The van der Waals surface area contributed by atoms with Crippen LogP contribution in [0, 0.1) is 22.9 Å². The number of aryl methyl sites for hydroxylation is 1. The smallest absolute Gasteiger partial charge is 0.295 e. The largest absolute Gasteiger partial charge is 0.380 e. The lowest BCUT2D eigenvalue weighted by Gasteiger charge is -2.09. The molecule has 0 radical (unpaired) electrons. The molecule has 0 aliphatic rings. The van der Waals surface area contributed by atoms with E-state index in [1.807, 2.05) is 0 Å². The number of nitrogens with zero attached hydrogens (tertiary/aromatic N) is 1. The van der Waals surface area contributed by atoms with Crippen molar-refractivity contribution in [1.82, 2.24) is 0 Å². The van der Waals surface area contributed by atoms with Gasteiger partial charge in [0.05, 0.1) is 17.6 Å². The predicted octanol–water partition coefficient (Wildman–Crippen LogP) is 3.27. The number of nitro groups is 1. The van der Waals surface area contributed by atoms with Gasteiger partial charge in [-0.3, -0.25) is 10.1 Å². The lowest BCUT2D eigenvalue weighted by atomic mass is 10.2. The highest BCUT2D eigenvalue weighted by Gasteiger charge is 2.16. The molecule has 106 valence electrons. The van der Waals surface area contributed by atoms with Gasteiger partial charge in [0.25, 0.3) is 5.69 Å². The average molecular weight is 270 g/mol. The van der Waals surface area contributed by atoms with Crippen LogP contribution in [0.15, 0.2) is 12.1 Å². The maximum Gasteiger partial charge on any atom is 0.295 e. The lowest BCUT2D eigenvalue weighted by molar-refractivity contribution is -0.384. The van der Waals surface area contributed by atoms with Crippen molar-refractivity contribution in [2.45, 2.75) is 26.7 Å². The second-order valence-corrected chi connectivity index (χ2v) is 4.27. The Hall–Kier alpha value is -1.69. The van der Waals surface area contributed by atoms with Crippen LogP contribution in [0.3, 0.4) is 0 Å². The summed E-state index contributed by atoms with van der Waals surface area (Å²) in [7, 11) is 0. The molecule has 6 heteroatoms. The molecular formula is C13H19FN2O3. The Morgan fingerprint density at radius 3 is 2.79 bits per heavy atom. The molecule has 0 aliphatic carbocycles. The number of unbranched alkanes of at least 4 members (excludes halogenated alkanes) is 1. The fraction of sp³-hybridized carbons (Fsp3) is 0.538. The zero-order chi connectivity index (χ0) is 14.3. The summed E-state index contributed by atoms with van der Waals surface area (Å²) < 4.78 is 18.6. The van der Waals surface area contributed by atoms with E-state index in [2.05, 4.69) is 12.2 Å². The first-order chi connectivity index (χ1) is 9.06. The van der Waals surface area contributed by atoms with Gasteiger partial charge in [-0.1, -0.05) is 13.3 Å². The zero-order valence-corrected chi connectivity index (χ0v) is 11.2. The van der Waals surface area contributed by atoms with E-state index in [9.17, 15) is 14.5 Å². The summed E-state index contributed by atoms with van der Waals surface area (Å²) in [6, 6.07) is 2.38. The van der Waals surface area contributed by atoms with Crippen LogP contribution in [0.4, 0.5) is 15.8 Å². The van der Waals surface area contributed by atoms with Crippen LogP contribution in [0.25, 0.3) is 0 Å². The normalized spacial score (nSPS) is 10.5. The fourth-order valence-corrected chi connectivity index (χ4v) is 1.57. The summed E-state index contributed by atoms with van der Waals surface area (Å²) in [5, 5.41) is 13.7. The summed E-state index contributed by atoms with van der Waals surface area (Å²) in [5.74, 6) is -0.573. The minimum absolute atomic E-state index is 0.253. The molecule has 0 bridgehead atoms. The van der Waals surface area contributed by atoms with Crippen molar-refractivity contribution < 1.29 is 14.1 Å². The minimum atomic E-state index is -0.594. The molecule has 1 aromatic rings. The van der Waals surface area contributed by atoms with Gasteiger partial charge in [-0.2, -0.15) is 0 Å². The summed E-state index contributed by atoms with van der Waals surface area (Å²) in [4.78, 5) is 10.2. The molecule has 0 saturated heterocycles. The maximum absolute atomic E-state index is 13.3. The zero-order valence-electron chi connectivity index (χ0n) is 11.2. The topological polar surface area (TPSA) is 64.4 Å². The first-order valence-corrected chi connectivity index (χ1v) is 6.32.